The molecule has 0 spiro atoms. The lowest BCUT2D eigenvalue weighted by molar-refractivity contribution is -0.925. The van der Waals surface area contributed by atoms with Gasteiger partial charge in [-0.25, -0.2) is 8.42 Å². The lowest BCUT2D eigenvalue weighted by Gasteiger charge is -2.41. The van der Waals surface area contributed by atoms with Gasteiger partial charge in [0.25, 0.3) is 0 Å². The van der Waals surface area contributed by atoms with Crippen molar-refractivity contribution in [3.8, 4) is 0 Å². The normalized spacial score (nSPS) is 17.1. The van der Waals surface area contributed by atoms with Crippen LogP contribution >= 0.6 is 0 Å². The Hall–Kier alpha value is -0.430. The van der Waals surface area contributed by atoms with Crippen LogP contribution in [-0.4, -0.2) is 56.2 Å². The average Bonchev–Trinajstić information content (AvgIpc) is 2.64. The minimum atomic E-state index is -3.09. The zero-order valence-electron chi connectivity index (χ0n) is 18.7. The van der Waals surface area contributed by atoms with Gasteiger partial charge in [0.1, 0.15) is 6.54 Å². The van der Waals surface area contributed by atoms with Gasteiger partial charge in [-0.15, -0.1) is 0 Å². The molecule has 168 valence electrons. The maximum absolute atomic E-state index is 12.7. The minimum Gasteiger partial charge on any atom is -1.00 e. The molecule has 0 atom stereocenters. The van der Waals surface area contributed by atoms with E-state index in [0.717, 1.165) is 37.0 Å². The van der Waals surface area contributed by atoms with Crippen molar-refractivity contribution in [2.45, 2.75) is 71.8 Å². The van der Waals surface area contributed by atoms with Crippen molar-refractivity contribution in [1.29, 1.82) is 0 Å². The van der Waals surface area contributed by atoms with Crippen molar-refractivity contribution in [1.82, 2.24) is 4.31 Å². The highest BCUT2D eigenvalue weighted by molar-refractivity contribution is 7.89. The zero-order valence-corrected chi connectivity index (χ0v) is 21.1. The van der Waals surface area contributed by atoms with E-state index in [-0.39, 0.29) is 17.0 Å². The van der Waals surface area contributed by atoms with Crippen molar-refractivity contribution in [3.63, 3.8) is 0 Å². The first-order chi connectivity index (χ1) is 13.3. The van der Waals surface area contributed by atoms with Crippen LogP contribution in [0.3, 0.4) is 0 Å². The molecule has 0 aliphatic carbocycles. The highest BCUT2D eigenvalue weighted by atomic mass is 79.9. The molecule has 1 aliphatic heterocycles. The van der Waals surface area contributed by atoms with Gasteiger partial charge in [0.2, 0.25) is 10.0 Å². The molecule has 29 heavy (non-hydrogen) atoms. The number of rotatable bonds is 12. The maximum Gasteiger partial charge on any atom is 0.214 e. The Labute approximate surface area is 190 Å². The van der Waals surface area contributed by atoms with Gasteiger partial charge in [-0.1, -0.05) is 81.7 Å². The highest BCUT2D eigenvalue weighted by Crippen LogP contribution is 2.19. The van der Waals surface area contributed by atoms with Gasteiger partial charge in [-0.05, 0) is 13.3 Å². The summed E-state index contributed by atoms with van der Waals surface area (Å²) in [6.45, 7) is 8.43. The second-order valence-electron chi connectivity index (χ2n) is 8.90. The molecule has 0 aromatic heterocycles. The van der Waals surface area contributed by atoms with Crippen LogP contribution in [0.4, 0.5) is 0 Å². The molecule has 1 aliphatic rings. The topological polar surface area (TPSA) is 37.4 Å². The van der Waals surface area contributed by atoms with Gasteiger partial charge in [0, 0.05) is 5.56 Å². The van der Waals surface area contributed by atoms with Gasteiger partial charge < -0.3 is 21.5 Å². The quantitative estimate of drug-likeness (QED) is 0.331. The van der Waals surface area contributed by atoms with Crippen LogP contribution < -0.4 is 17.0 Å². The van der Waals surface area contributed by atoms with Crippen LogP contribution in [0.1, 0.15) is 69.4 Å². The fourth-order valence-electron chi connectivity index (χ4n) is 4.16. The molecular formula is C23H41BrN2O2S. The lowest BCUT2D eigenvalue weighted by atomic mass is 10.1. The van der Waals surface area contributed by atoms with E-state index < -0.39 is 10.0 Å². The van der Waals surface area contributed by atoms with Crippen molar-refractivity contribution < 1.29 is 29.9 Å². The molecule has 0 saturated carbocycles. The minimum absolute atomic E-state index is 0. The Balaban J connectivity index is 0.00000420. The molecule has 0 unspecified atom stereocenters. The van der Waals surface area contributed by atoms with Crippen molar-refractivity contribution in [2.24, 2.45) is 0 Å². The van der Waals surface area contributed by atoms with Crippen LogP contribution in [0.2, 0.25) is 0 Å². The molecule has 0 amide bonds. The fraction of sp³-hybridized carbons (Fsp3) is 0.739. The summed E-state index contributed by atoms with van der Waals surface area (Å²) in [7, 11) is -0.836. The third-order valence-corrected chi connectivity index (χ3v) is 8.03. The summed E-state index contributed by atoms with van der Waals surface area (Å²) in [4.78, 5) is 0. The molecule has 1 saturated heterocycles. The molecule has 2 rings (SSSR count). The Kier molecular flexibility index (Phi) is 12.0. The van der Waals surface area contributed by atoms with E-state index in [1.54, 1.807) is 4.31 Å². The summed E-state index contributed by atoms with van der Waals surface area (Å²) in [5, 5.41) is 0. The number of halogens is 1. The molecule has 0 bridgehead atoms. The van der Waals surface area contributed by atoms with Gasteiger partial charge in [-0.2, -0.15) is 4.31 Å². The smallest absolute Gasteiger partial charge is 0.214 e. The molecule has 1 heterocycles. The van der Waals surface area contributed by atoms with E-state index in [1.165, 1.54) is 49.7 Å². The number of hydrogen-bond acceptors (Lipinski definition) is 2. The average molecular weight is 490 g/mol. The SMILES string of the molecule is CCCCCCCCCCS(=O)(=O)N1CC[N+](C)(Cc2cccc(C)c2)CC1.[Br-]. The van der Waals surface area contributed by atoms with E-state index in [2.05, 4.69) is 45.2 Å². The molecule has 6 heteroatoms. The van der Waals surface area contributed by atoms with Crippen LogP contribution in [0.15, 0.2) is 24.3 Å². The van der Waals surface area contributed by atoms with Crippen molar-refractivity contribution in [2.75, 3.05) is 39.0 Å². The number of likely N-dealkylation sites (N-methyl/N-ethyl adjacent to an activating group) is 1. The number of nitrogens with zero attached hydrogens (tertiary/aromatic N) is 2. The standard InChI is InChI=1S/C23H41N2O2S.BrH/c1-4-5-6-7-8-9-10-11-19-28(26,27)24-15-17-25(3,18-16-24)21-23-14-12-13-22(2)20-23;/h12-14,20H,4-11,15-19,21H2,1-3H3;1H/q+1;/p-1. The predicted octanol–water partition coefficient (Wildman–Crippen LogP) is 1.73. The van der Waals surface area contributed by atoms with Crippen molar-refractivity contribution >= 4 is 10.0 Å². The molecule has 1 aromatic rings. The number of aryl methyl sites for hydroxylation is 1. The summed E-state index contributed by atoms with van der Waals surface area (Å²) < 4.78 is 28.0. The lowest BCUT2D eigenvalue weighted by Crippen LogP contribution is -3.00. The van der Waals surface area contributed by atoms with Crippen LogP contribution in [-0.2, 0) is 16.6 Å². The molecule has 1 fully saturated rings. The summed E-state index contributed by atoms with van der Waals surface area (Å²) in [5.41, 5.74) is 2.63. The number of hydrogen-bond donors (Lipinski definition) is 0. The molecule has 4 nitrogen and oxygen atoms in total. The summed E-state index contributed by atoms with van der Waals surface area (Å²) in [6.07, 6.45) is 9.49. The first-order valence-electron chi connectivity index (χ1n) is 11.2. The zero-order chi connectivity index (χ0) is 20.5. The first-order valence-corrected chi connectivity index (χ1v) is 12.8. The third kappa shape index (κ3) is 9.50. The molecule has 0 N–H and O–H groups in total. The number of piperazine rings is 1. The second kappa shape index (κ2) is 13.1. The Morgan fingerprint density at radius 2 is 1.55 bits per heavy atom. The molecule has 1 aromatic carbocycles. The summed E-state index contributed by atoms with van der Waals surface area (Å²) in [5.74, 6) is 0.323. The Morgan fingerprint density at radius 3 is 2.14 bits per heavy atom. The second-order valence-corrected chi connectivity index (χ2v) is 11.0. The predicted molar refractivity (Wildman–Crippen MR) is 119 cm³/mol. The maximum atomic E-state index is 12.7. The number of unbranched alkanes of at least 4 members (excludes halogenated alkanes) is 7. The number of benzene rings is 1. The van der Waals surface area contributed by atoms with E-state index in [9.17, 15) is 8.42 Å². The third-order valence-electron chi connectivity index (χ3n) is 6.07. The van der Waals surface area contributed by atoms with E-state index in [4.69, 9.17) is 0 Å². The Bertz CT molecular complexity index is 686. The van der Waals surface area contributed by atoms with Gasteiger partial charge >= 0.3 is 0 Å². The first kappa shape index (κ1) is 26.6. The highest BCUT2D eigenvalue weighted by Gasteiger charge is 2.34. The molecular weight excluding hydrogens is 448 g/mol. The fourth-order valence-corrected chi connectivity index (χ4v) is 5.71. The number of sulfonamides is 1. The van der Waals surface area contributed by atoms with Crippen molar-refractivity contribution in [3.05, 3.63) is 35.4 Å². The van der Waals surface area contributed by atoms with E-state index >= 15 is 0 Å². The van der Waals surface area contributed by atoms with Crippen LogP contribution in [0, 0.1) is 6.92 Å². The Morgan fingerprint density at radius 1 is 0.966 bits per heavy atom. The summed E-state index contributed by atoms with van der Waals surface area (Å²) in [6, 6.07) is 8.66. The van der Waals surface area contributed by atoms with Gasteiger partial charge in [-0.3, -0.25) is 0 Å². The monoisotopic (exact) mass is 488 g/mol. The largest absolute Gasteiger partial charge is 1.00 e. The summed E-state index contributed by atoms with van der Waals surface area (Å²) >= 11 is 0. The number of quaternary nitrogens is 1. The van der Waals surface area contributed by atoms with Gasteiger partial charge in [0.05, 0.1) is 39.0 Å². The van der Waals surface area contributed by atoms with E-state index in [0.29, 0.717) is 18.8 Å². The van der Waals surface area contributed by atoms with Crippen LogP contribution in [0.25, 0.3) is 0 Å². The van der Waals surface area contributed by atoms with E-state index in [1.807, 2.05) is 0 Å². The van der Waals surface area contributed by atoms with Gasteiger partial charge in [0.15, 0.2) is 0 Å². The molecule has 0 radical (unpaired) electrons. The van der Waals surface area contributed by atoms with Crippen LogP contribution in [0.5, 0.6) is 0 Å².